The molecule has 1 atom stereocenters. The SMILES string of the molecule is CC1(NCCN2CCOCC2)CCS(=O)(=O)C1. The van der Waals surface area contributed by atoms with Crippen LogP contribution in [0, 0.1) is 0 Å². The highest BCUT2D eigenvalue weighted by Crippen LogP contribution is 2.22. The minimum atomic E-state index is -2.81. The number of hydrogen-bond donors (Lipinski definition) is 1. The second kappa shape index (κ2) is 5.22. The molecule has 0 aromatic rings. The lowest BCUT2D eigenvalue weighted by Crippen LogP contribution is -2.48. The van der Waals surface area contributed by atoms with Crippen molar-refractivity contribution in [2.24, 2.45) is 0 Å². The normalized spacial score (nSPS) is 33.9. The third-order valence-electron chi connectivity index (χ3n) is 3.59. The van der Waals surface area contributed by atoms with Crippen LogP contribution >= 0.6 is 0 Å². The maximum atomic E-state index is 11.4. The molecule has 0 amide bonds. The Morgan fingerprint density at radius 2 is 2.06 bits per heavy atom. The van der Waals surface area contributed by atoms with Crippen LogP contribution in [0.5, 0.6) is 0 Å². The van der Waals surface area contributed by atoms with Gasteiger partial charge in [-0.05, 0) is 13.3 Å². The van der Waals surface area contributed by atoms with Crippen molar-refractivity contribution < 1.29 is 13.2 Å². The molecule has 1 N–H and O–H groups in total. The fourth-order valence-corrected chi connectivity index (χ4v) is 4.61. The summed E-state index contributed by atoms with van der Waals surface area (Å²) in [4.78, 5) is 2.35. The quantitative estimate of drug-likeness (QED) is 0.739. The molecule has 0 bridgehead atoms. The van der Waals surface area contributed by atoms with Crippen molar-refractivity contribution in [1.29, 1.82) is 0 Å². The van der Waals surface area contributed by atoms with Gasteiger partial charge in [-0.2, -0.15) is 0 Å². The molecule has 5 nitrogen and oxygen atoms in total. The Labute approximate surface area is 103 Å². The van der Waals surface area contributed by atoms with Crippen LogP contribution in [0.1, 0.15) is 13.3 Å². The highest BCUT2D eigenvalue weighted by atomic mass is 32.2. The lowest BCUT2D eigenvalue weighted by Gasteiger charge is -2.29. The van der Waals surface area contributed by atoms with Gasteiger partial charge in [-0.15, -0.1) is 0 Å². The van der Waals surface area contributed by atoms with Gasteiger partial charge in [0.2, 0.25) is 0 Å². The predicted molar refractivity (Wildman–Crippen MR) is 66.9 cm³/mol. The van der Waals surface area contributed by atoms with Gasteiger partial charge in [0.05, 0.1) is 24.7 Å². The Morgan fingerprint density at radius 1 is 1.35 bits per heavy atom. The summed E-state index contributed by atoms with van der Waals surface area (Å²) in [6.45, 7) is 7.42. The minimum absolute atomic E-state index is 0.217. The van der Waals surface area contributed by atoms with Gasteiger partial charge in [0.25, 0.3) is 0 Å². The number of ether oxygens (including phenoxy) is 1. The first-order valence-electron chi connectivity index (χ1n) is 6.25. The zero-order chi connectivity index (χ0) is 12.4. The lowest BCUT2D eigenvalue weighted by molar-refractivity contribution is 0.0377. The molecule has 100 valence electrons. The van der Waals surface area contributed by atoms with Crippen molar-refractivity contribution >= 4 is 9.84 Å². The van der Waals surface area contributed by atoms with E-state index in [1.54, 1.807) is 0 Å². The molecule has 0 radical (unpaired) electrons. The van der Waals surface area contributed by atoms with E-state index in [2.05, 4.69) is 10.2 Å². The zero-order valence-corrected chi connectivity index (χ0v) is 11.3. The number of hydrogen-bond acceptors (Lipinski definition) is 5. The van der Waals surface area contributed by atoms with Crippen LogP contribution in [-0.4, -0.2) is 69.8 Å². The van der Waals surface area contributed by atoms with Crippen molar-refractivity contribution in [3.05, 3.63) is 0 Å². The van der Waals surface area contributed by atoms with E-state index in [1.807, 2.05) is 6.92 Å². The summed E-state index contributed by atoms with van der Waals surface area (Å²) < 4.78 is 28.2. The Balaban J connectivity index is 1.71. The van der Waals surface area contributed by atoms with E-state index >= 15 is 0 Å². The van der Waals surface area contributed by atoms with Crippen LogP contribution in [0.15, 0.2) is 0 Å². The molecule has 0 spiro atoms. The predicted octanol–water partition coefficient (Wildman–Crippen LogP) is -0.515. The molecule has 1 unspecified atom stereocenters. The molecule has 0 saturated carbocycles. The Bertz CT molecular complexity index is 352. The third kappa shape index (κ3) is 3.91. The topological polar surface area (TPSA) is 58.6 Å². The smallest absolute Gasteiger partial charge is 0.152 e. The first kappa shape index (κ1) is 13.3. The Kier molecular flexibility index (Phi) is 4.07. The molecule has 0 aromatic heterocycles. The molecule has 2 aliphatic heterocycles. The van der Waals surface area contributed by atoms with Gasteiger partial charge in [-0.1, -0.05) is 0 Å². The molecule has 2 heterocycles. The van der Waals surface area contributed by atoms with Gasteiger partial charge in [-0.3, -0.25) is 4.90 Å². The number of sulfone groups is 1. The van der Waals surface area contributed by atoms with E-state index in [9.17, 15) is 8.42 Å². The highest BCUT2D eigenvalue weighted by Gasteiger charge is 2.37. The molecule has 0 aromatic carbocycles. The maximum absolute atomic E-state index is 11.4. The van der Waals surface area contributed by atoms with Crippen LogP contribution < -0.4 is 5.32 Å². The van der Waals surface area contributed by atoms with Gasteiger partial charge < -0.3 is 10.1 Å². The van der Waals surface area contributed by atoms with Crippen LogP contribution in [0.3, 0.4) is 0 Å². The molecule has 2 rings (SSSR count). The van der Waals surface area contributed by atoms with E-state index in [0.717, 1.165) is 45.8 Å². The standard InChI is InChI=1S/C11H22N2O3S/c1-11(2-9-17(14,15)10-11)12-3-4-13-5-7-16-8-6-13/h12H,2-10H2,1H3. The van der Waals surface area contributed by atoms with E-state index in [0.29, 0.717) is 5.75 Å². The van der Waals surface area contributed by atoms with E-state index in [1.165, 1.54) is 0 Å². The van der Waals surface area contributed by atoms with Crippen molar-refractivity contribution in [3.63, 3.8) is 0 Å². The summed E-state index contributed by atoms with van der Waals surface area (Å²) in [5.41, 5.74) is -0.217. The van der Waals surface area contributed by atoms with Gasteiger partial charge >= 0.3 is 0 Å². The molecule has 2 aliphatic rings. The molecular weight excluding hydrogens is 240 g/mol. The summed E-state index contributed by atoms with van der Waals surface area (Å²) in [6, 6.07) is 0. The molecule has 0 aliphatic carbocycles. The average molecular weight is 262 g/mol. The van der Waals surface area contributed by atoms with Crippen LogP contribution in [0.25, 0.3) is 0 Å². The molecule has 17 heavy (non-hydrogen) atoms. The summed E-state index contributed by atoms with van der Waals surface area (Å²) >= 11 is 0. The van der Waals surface area contributed by atoms with E-state index in [4.69, 9.17) is 4.74 Å². The second-order valence-electron chi connectivity index (χ2n) is 5.28. The third-order valence-corrected chi connectivity index (χ3v) is 5.49. The maximum Gasteiger partial charge on any atom is 0.152 e. The van der Waals surface area contributed by atoms with Gasteiger partial charge in [0.1, 0.15) is 0 Å². The fraction of sp³-hybridized carbons (Fsp3) is 1.00. The first-order valence-corrected chi connectivity index (χ1v) is 8.07. The first-order chi connectivity index (χ1) is 7.99. The summed E-state index contributed by atoms with van der Waals surface area (Å²) in [5, 5.41) is 3.40. The van der Waals surface area contributed by atoms with Crippen molar-refractivity contribution in [2.75, 3.05) is 50.9 Å². The Morgan fingerprint density at radius 3 is 2.65 bits per heavy atom. The van der Waals surface area contributed by atoms with Crippen LogP contribution in [0.2, 0.25) is 0 Å². The van der Waals surface area contributed by atoms with Crippen molar-refractivity contribution in [1.82, 2.24) is 10.2 Å². The Hall–Kier alpha value is -0.170. The number of nitrogens with zero attached hydrogens (tertiary/aromatic N) is 1. The zero-order valence-electron chi connectivity index (χ0n) is 10.4. The van der Waals surface area contributed by atoms with Gasteiger partial charge in [0.15, 0.2) is 9.84 Å². The average Bonchev–Trinajstić information content (AvgIpc) is 2.55. The van der Waals surface area contributed by atoms with Crippen LogP contribution in [-0.2, 0) is 14.6 Å². The van der Waals surface area contributed by atoms with Gasteiger partial charge in [-0.25, -0.2) is 8.42 Å². The number of rotatable bonds is 4. The molecule has 2 fully saturated rings. The minimum Gasteiger partial charge on any atom is -0.379 e. The summed E-state index contributed by atoms with van der Waals surface area (Å²) in [5.74, 6) is 0.608. The fourth-order valence-electron chi connectivity index (χ4n) is 2.49. The highest BCUT2D eigenvalue weighted by molar-refractivity contribution is 7.91. The summed E-state index contributed by atoms with van der Waals surface area (Å²) in [6.07, 6.45) is 0.735. The lowest BCUT2D eigenvalue weighted by atomic mass is 10.0. The largest absolute Gasteiger partial charge is 0.379 e. The number of morpholine rings is 1. The van der Waals surface area contributed by atoms with Crippen LogP contribution in [0.4, 0.5) is 0 Å². The van der Waals surface area contributed by atoms with Gasteiger partial charge in [0, 0.05) is 31.7 Å². The molecule has 6 heteroatoms. The van der Waals surface area contributed by atoms with E-state index < -0.39 is 9.84 Å². The monoisotopic (exact) mass is 262 g/mol. The molecular formula is C11H22N2O3S. The second-order valence-corrected chi connectivity index (χ2v) is 7.47. The van der Waals surface area contributed by atoms with Crippen molar-refractivity contribution in [2.45, 2.75) is 18.9 Å². The van der Waals surface area contributed by atoms with Crippen molar-refractivity contribution in [3.8, 4) is 0 Å². The summed E-state index contributed by atoms with van der Waals surface area (Å²) in [7, 11) is -2.81. The van der Waals surface area contributed by atoms with E-state index in [-0.39, 0.29) is 11.3 Å². The molecule has 2 saturated heterocycles. The number of nitrogens with one attached hydrogen (secondary N) is 1.